The van der Waals surface area contributed by atoms with Gasteiger partial charge in [0.2, 0.25) is 11.8 Å². The Hall–Kier alpha value is -3.19. The number of imide groups is 1. The Balaban J connectivity index is 1.16. The van der Waals surface area contributed by atoms with E-state index in [1.807, 2.05) is 12.1 Å². The molecule has 31 heavy (non-hydrogen) atoms. The van der Waals surface area contributed by atoms with Crippen LogP contribution in [0.1, 0.15) is 27.0 Å². The molecule has 0 aliphatic carbocycles. The monoisotopic (exact) mass is 419 g/mol. The van der Waals surface area contributed by atoms with E-state index in [0.29, 0.717) is 18.7 Å². The summed E-state index contributed by atoms with van der Waals surface area (Å²) in [6, 6.07) is 13.5. The van der Waals surface area contributed by atoms with Crippen LogP contribution in [0.5, 0.6) is 5.75 Å². The molecule has 0 unspecified atom stereocenters. The first-order valence-corrected chi connectivity index (χ1v) is 10.8. The quantitative estimate of drug-likeness (QED) is 0.703. The van der Waals surface area contributed by atoms with Gasteiger partial charge in [0.05, 0.1) is 13.0 Å². The molecule has 160 valence electrons. The van der Waals surface area contributed by atoms with Gasteiger partial charge in [-0.2, -0.15) is 0 Å². The van der Waals surface area contributed by atoms with Gasteiger partial charge in [-0.15, -0.1) is 0 Å². The Morgan fingerprint density at radius 1 is 0.968 bits per heavy atom. The van der Waals surface area contributed by atoms with Gasteiger partial charge in [0.15, 0.2) is 0 Å². The fraction of sp³-hybridized carbons (Fsp3) is 0.375. The SMILES string of the molecule is O=C(CN1C(=O)Cc2ccccc2C1=O)N1CCN(Cc2ccc3c(c2)CCO3)CC1. The van der Waals surface area contributed by atoms with Crippen molar-refractivity contribution in [2.24, 2.45) is 0 Å². The summed E-state index contributed by atoms with van der Waals surface area (Å²) >= 11 is 0. The molecule has 0 radical (unpaired) electrons. The largest absolute Gasteiger partial charge is 0.493 e. The van der Waals surface area contributed by atoms with E-state index < -0.39 is 0 Å². The van der Waals surface area contributed by atoms with Crippen LogP contribution < -0.4 is 4.74 Å². The van der Waals surface area contributed by atoms with E-state index in [-0.39, 0.29) is 30.7 Å². The Bertz CT molecular complexity index is 1040. The highest BCUT2D eigenvalue weighted by atomic mass is 16.5. The summed E-state index contributed by atoms with van der Waals surface area (Å²) in [4.78, 5) is 43.1. The van der Waals surface area contributed by atoms with Crippen molar-refractivity contribution >= 4 is 17.7 Å². The minimum absolute atomic E-state index is 0.161. The van der Waals surface area contributed by atoms with Gasteiger partial charge < -0.3 is 9.64 Å². The average molecular weight is 419 g/mol. The maximum atomic E-state index is 12.8. The van der Waals surface area contributed by atoms with Crippen molar-refractivity contribution in [1.82, 2.24) is 14.7 Å². The van der Waals surface area contributed by atoms with E-state index in [2.05, 4.69) is 17.0 Å². The summed E-state index contributed by atoms with van der Waals surface area (Å²) in [5.74, 6) is 0.134. The molecule has 1 fully saturated rings. The number of fused-ring (bicyclic) bond motifs is 2. The smallest absolute Gasteiger partial charge is 0.261 e. The maximum absolute atomic E-state index is 12.8. The van der Waals surface area contributed by atoms with Gasteiger partial charge in [0, 0.05) is 44.7 Å². The summed E-state index contributed by atoms with van der Waals surface area (Å²) in [7, 11) is 0. The molecule has 0 atom stereocenters. The Kier molecular flexibility index (Phi) is 5.19. The van der Waals surface area contributed by atoms with Gasteiger partial charge in [-0.25, -0.2) is 0 Å². The van der Waals surface area contributed by atoms with Crippen LogP contribution in [-0.2, 0) is 29.0 Å². The van der Waals surface area contributed by atoms with Crippen LogP contribution in [0.15, 0.2) is 42.5 Å². The lowest BCUT2D eigenvalue weighted by Crippen LogP contribution is -2.53. The lowest BCUT2D eigenvalue weighted by Gasteiger charge is -2.36. The van der Waals surface area contributed by atoms with E-state index in [1.165, 1.54) is 11.1 Å². The molecule has 2 aromatic rings. The molecule has 0 saturated carbocycles. The highest BCUT2D eigenvalue weighted by molar-refractivity contribution is 6.11. The summed E-state index contributed by atoms with van der Waals surface area (Å²) in [5, 5.41) is 0. The van der Waals surface area contributed by atoms with Gasteiger partial charge in [0.25, 0.3) is 5.91 Å². The molecule has 0 spiro atoms. The molecule has 0 aromatic heterocycles. The predicted molar refractivity (Wildman–Crippen MR) is 114 cm³/mol. The first-order valence-electron chi connectivity index (χ1n) is 10.8. The van der Waals surface area contributed by atoms with Gasteiger partial charge >= 0.3 is 0 Å². The van der Waals surface area contributed by atoms with Crippen LogP contribution in [0.2, 0.25) is 0 Å². The van der Waals surface area contributed by atoms with Crippen molar-refractivity contribution in [2.75, 3.05) is 39.3 Å². The molecule has 7 heteroatoms. The Morgan fingerprint density at radius 2 is 1.77 bits per heavy atom. The van der Waals surface area contributed by atoms with Gasteiger partial charge in [0.1, 0.15) is 12.3 Å². The van der Waals surface area contributed by atoms with E-state index in [1.54, 1.807) is 23.1 Å². The minimum Gasteiger partial charge on any atom is -0.493 e. The molecule has 0 N–H and O–H groups in total. The van der Waals surface area contributed by atoms with Crippen molar-refractivity contribution in [1.29, 1.82) is 0 Å². The van der Waals surface area contributed by atoms with Crippen molar-refractivity contribution < 1.29 is 19.1 Å². The molecule has 3 heterocycles. The first kappa shape index (κ1) is 19.8. The van der Waals surface area contributed by atoms with Gasteiger partial charge in [-0.3, -0.25) is 24.2 Å². The number of carbonyl (C=O) groups excluding carboxylic acids is 3. The second kappa shape index (κ2) is 8.15. The van der Waals surface area contributed by atoms with Crippen LogP contribution in [0, 0.1) is 0 Å². The van der Waals surface area contributed by atoms with Crippen LogP contribution in [0.25, 0.3) is 0 Å². The predicted octanol–water partition coefficient (Wildman–Crippen LogP) is 1.49. The number of ether oxygens (including phenoxy) is 1. The Morgan fingerprint density at radius 3 is 2.61 bits per heavy atom. The summed E-state index contributed by atoms with van der Waals surface area (Å²) in [5.41, 5.74) is 3.77. The second-order valence-electron chi connectivity index (χ2n) is 8.32. The Labute approximate surface area is 181 Å². The summed E-state index contributed by atoms with van der Waals surface area (Å²) in [6.45, 7) is 4.15. The highest BCUT2D eigenvalue weighted by Crippen LogP contribution is 2.26. The standard InChI is InChI=1S/C24H25N3O4/c28-22-14-18-3-1-2-4-20(18)24(30)27(22)16-23(29)26-10-8-25(9-11-26)15-17-5-6-21-19(13-17)7-12-31-21/h1-6,13H,7-12,14-16H2. The fourth-order valence-corrected chi connectivity index (χ4v) is 4.55. The van der Waals surface area contributed by atoms with E-state index >= 15 is 0 Å². The molecule has 5 rings (SSSR count). The lowest BCUT2D eigenvalue weighted by atomic mass is 9.98. The van der Waals surface area contributed by atoms with Crippen LogP contribution in [-0.4, -0.2) is 71.8 Å². The topological polar surface area (TPSA) is 70.2 Å². The number of carbonyl (C=O) groups is 3. The number of rotatable bonds is 4. The third kappa shape index (κ3) is 3.93. The van der Waals surface area contributed by atoms with E-state index in [4.69, 9.17) is 4.74 Å². The minimum atomic E-state index is -0.376. The maximum Gasteiger partial charge on any atom is 0.261 e. The van der Waals surface area contributed by atoms with Crippen LogP contribution >= 0.6 is 0 Å². The molecular weight excluding hydrogens is 394 g/mol. The number of amides is 3. The third-order valence-electron chi connectivity index (χ3n) is 6.31. The number of benzene rings is 2. The van der Waals surface area contributed by atoms with E-state index in [9.17, 15) is 14.4 Å². The summed E-state index contributed by atoms with van der Waals surface area (Å²) < 4.78 is 5.57. The van der Waals surface area contributed by atoms with Crippen molar-refractivity contribution in [3.05, 3.63) is 64.7 Å². The lowest BCUT2D eigenvalue weighted by molar-refractivity contribution is -0.139. The van der Waals surface area contributed by atoms with Crippen LogP contribution in [0.4, 0.5) is 0 Å². The molecule has 2 aromatic carbocycles. The number of nitrogens with zero attached hydrogens (tertiary/aromatic N) is 3. The third-order valence-corrected chi connectivity index (χ3v) is 6.31. The van der Waals surface area contributed by atoms with Gasteiger partial charge in [-0.05, 0) is 28.8 Å². The molecule has 3 aliphatic rings. The van der Waals surface area contributed by atoms with Crippen LogP contribution in [0.3, 0.4) is 0 Å². The van der Waals surface area contributed by atoms with Crippen molar-refractivity contribution in [3.63, 3.8) is 0 Å². The number of piperazine rings is 1. The van der Waals surface area contributed by atoms with E-state index in [0.717, 1.165) is 48.9 Å². The fourth-order valence-electron chi connectivity index (χ4n) is 4.55. The average Bonchev–Trinajstić information content (AvgIpc) is 3.25. The normalized spacial score (nSPS) is 18.6. The zero-order valence-electron chi connectivity index (χ0n) is 17.4. The number of hydrogen-bond donors (Lipinski definition) is 0. The zero-order chi connectivity index (χ0) is 21.4. The molecule has 0 bridgehead atoms. The molecule has 7 nitrogen and oxygen atoms in total. The molecule has 3 aliphatic heterocycles. The summed E-state index contributed by atoms with van der Waals surface area (Å²) in [6.07, 6.45) is 1.12. The second-order valence-corrected chi connectivity index (χ2v) is 8.32. The molecule has 3 amide bonds. The zero-order valence-corrected chi connectivity index (χ0v) is 17.4. The van der Waals surface area contributed by atoms with Gasteiger partial charge in [-0.1, -0.05) is 30.3 Å². The molecular formula is C24H25N3O4. The first-order chi connectivity index (χ1) is 15.1. The number of hydrogen-bond acceptors (Lipinski definition) is 5. The highest BCUT2D eigenvalue weighted by Gasteiger charge is 2.33. The van der Waals surface area contributed by atoms with Crippen molar-refractivity contribution in [3.8, 4) is 5.75 Å². The van der Waals surface area contributed by atoms with Crippen molar-refractivity contribution in [2.45, 2.75) is 19.4 Å². The molecule has 1 saturated heterocycles.